The molecule has 2 rings (SSSR count). The molecule has 0 radical (unpaired) electrons. The summed E-state index contributed by atoms with van der Waals surface area (Å²) in [6, 6.07) is 7.34. The zero-order valence-electron chi connectivity index (χ0n) is 12.5. The van der Waals surface area contributed by atoms with Crippen LogP contribution in [0.2, 0.25) is 0 Å². The molecule has 8 heteroatoms. The molecule has 1 saturated heterocycles. The number of nitrogens with two attached hydrogens (primary N) is 1. The molecule has 1 aliphatic rings. The lowest BCUT2D eigenvalue weighted by Crippen LogP contribution is -2.26. The lowest BCUT2D eigenvalue weighted by atomic mass is 10.1. The summed E-state index contributed by atoms with van der Waals surface area (Å²) in [5, 5.41) is 16.7. The summed E-state index contributed by atoms with van der Waals surface area (Å²) in [6.07, 6.45) is 4.83. The number of rotatable bonds is 4. The van der Waals surface area contributed by atoms with Crippen molar-refractivity contribution in [1.82, 2.24) is 4.90 Å². The van der Waals surface area contributed by atoms with Crippen LogP contribution in [0.3, 0.4) is 0 Å². The fourth-order valence-electron chi connectivity index (χ4n) is 2.29. The predicted molar refractivity (Wildman–Crippen MR) is 85.6 cm³/mol. The molecule has 122 valence electrons. The summed E-state index contributed by atoms with van der Waals surface area (Å²) in [7, 11) is -3.77. The molecule has 7 nitrogen and oxygen atoms in total. The number of sulfonamides is 1. The second-order valence-electron chi connectivity index (χ2n) is 5.27. The summed E-state index contributed by atoms with van der Waals surface area (Å²) in [5.74, 6) is -0.526. The van der Waals surface area contributed by atoms with Gasteiger partial charge in [-0.2, -0.15) is 5.26 Å². The topological polar surface area (TPSA) is 116 Å². The molecular weight excluding hydrogens is 316 g/mol. The number of carbonyl (C=O) groups is 1. The van der Waals surface area contributed by atoms with E-state index in [9.17, 15) is 13.2 Å². The molecule has 1 aliphatic heterocycles. The van der Waals surface area contributed by atoms with Crippen molar-refractivity contribution in [3.8, 4) is 6.07 Å². The highest BCUT2D eigenvalue weighted by molar-refractivity contribution is 7.89. The minimum atomic E-state index is -3.77. The largest absolute Gasteiger partial charge is 0.376 e. The monoisotopic (exact) mass is 334 g/mol. The summed E-state index contributed by atoms with van der Waals surface area (Å²) in [5.41, 5.74) is 0.407. The molecule has 0 bridgehead atoms. The molecule has 1 fully saturated rings. The van der Waals surface area contributed by atoms with Crippen molar-refractivity contribution in [1.29, 1.82) is 5.26 Å². The van der Waals surface area contributed by atoms with Gasteiger partial charge >= 0.3 is 0 Å². The normalized spacial score (nSPS) is 15.8. The van der Waals surface area contributed by atoms with Gasteiger partial charge in [0.25, 0.3) is 5.91 Å². The number of anilines is 1. The minimum Gasteiger partial charge on any atom is -0.376 e. The summed E-state index contributed by atoms with van der Waals surface area (Å²) in [6.45, 7) is 1.67. The number of benzene rings is 1. The Morgan fingerprint density at radius 1 is 1.22 bits per heavy atom. The summed E-state index contributed by atoms with van der Waals surface area (Å²) in [4.78, 5) is 14.0. The fraction of sp³-hybridized carbons (Fsp3) is 0.333. The van der Waals surface area contributed by atoms with Crippen LogP contribution in [-0.4, -0.2) is 32.3 Å². The smallest absolute Gasteiger partial charge is 0.267 e. The van der Waals surface area contributed by atoms with Gasteiger partial charge in [-0.05, 0) is 43.5 Å². The second-order valence-corrected chi connectivity index (χ2v) is 6.84. The zero-order chi connectivity index (χ0) is 16.9. The van der Waals surface area contributed by atoms with Crippen LogP contribution in [0.1, 0.15) is 19.3 Å². The zero-order valence-corrected chi connectivity index (χ0v) is 13.3. The summed E-state index contributed by atoms with van der Waals surface area (Å²) >= 11 is 0. The Morgan fingerprint density at radius 2 is 1.83 bits per heavy atom. The predicted octanol–water partition coefficient (Wildman–Crippen LogP) is 1.17. The molecule has 0 unspecified atom stereocenters. The lowest BCUT2D eigenvalue weighted by Gasteiger charge is -2.25. The standard InChI is InChI=1S/C15H18N4O3S/c16-10-12(11-19-8-2-1-3-9-19)15(20)18-13-4-6-14(7-5-13)23(17,21)22/h4-7,11H,1-3,8-9H2,(H,18,20)(H2,17,21,22)/b12-11-. The van der Waals surface area contributed by atoms with E-state index in [0.717, 1.165) is 32.4 Å². The Labute approximate surface area is 135 Å². The third kappa shape index (κ3) is 4.81. The van der Waals surface area contributed by atoms with E-state index in [1.54, 1.807) is 6.20 Å². The van der Waals surface area contributed by atoms with Crippen molar-refractivity contribution < 1.29 is 13.2 Å². The number of hydrogen-bond donors (Lipinski definition) is 2. The number of carbonyl (C=O) groups excluding carboxylic acids is 1. The molecule has 23 heavy (non-hydrogen) atoms. The molecule has 0 aliphatic carbocycles. The average molecular weight is 334 g/mol. The van der Waals surface area contributed by atoms with Gasteiger partial charge in [0.2, 0.25) is 10.0 Å². The Bertz CT molecular complexity index is 742. The number of primary sulfonamides is 1. The molecule has 0 aromatic heterocycles. The molecule has 1 aromatic carbocycles. The molecule has 0 spiro atoms. The summed E-state index contributed by atoms with van der Waals surface area (Å²) < 4.78 is 22.4. The van der Waals surface area contributed by atoms with Crippen LogP contribution in [0, 0.1) is 11.3 Å². The number of amides is 1. The second kappa shape index (κ2) is 7.26. The van der Waals surface area contributed by atoms with E-state index in [0.29, 0.717) is 5.69 Å². The van der Waals surface area contributed by atoms with E-state index >= 15 is 0 Å². The van der Waals surface area contributed by atoms with Crippen LogP contribution in [0.15, 0.2) is 40.9 Å². The Morgan fingerprint density at radius 3 is 2.35 bits per heavy atom. The van der Waals surface area contributed by atoms with Gasteiger partial charge in [-0.1, -0.05) is 0 Å². The van der Waals surface area contributed by atoms with E-state index < -0.39 is 15.9 Å². The number of hydrogen-bond acceptors (Lipinski definition) is 5. The maximum atomic E-state index is 12.1. The SMILES string of the molecule is N#C/C(=C/N1CCCCC1)C(=O)Nc1ccc(S(N)(=O)=O)cc1. The number of nitrogens with zero attached hydrogens (tertiary/aromatic N) is 2. The van der Waals surface area contributed by atoms with Crippen molar-refractivity contribution in [2.24, 2.45) is 5.14 Å². The van der Waals surface area contributed by atoms with E-state index in [1.165, 1.54) is 24.3 Å². The maximum Gasteiger partial charge on any atom is 0.267 e. The minimum absolute atomic E-state index is 0.0161. The van der Waals surface area contributed by atoms with Crippen LogP contribution in [-0.2, 0) is 14.8 Å². The van der Waals surface area contributed by atoms with E-state index in [2.05, 4.69) is 5.32 Å². The Hall–Kier alpha value is -2.37. The molecule has 3 N–H and O–H groups in total. The van der Waals surface area contributed by atoms with E-state index in [-0.39, 0.29) is 10.5 Å². The van der Waals surface area contributed by atoms with Crippen LogP contribution in [0.4, 0.5) is 5.69 Å². The third-order valence-electron chi connectivity index (χ3n) is 3.51. The van der Waals surface area contributed by atoms with Gasteiger partial charge < -0.3 is 10.2 Å². The molecule has 0 saturated carbocycles. The van der Waals surface area contributed by atoms with Gasteiger partial charge in [0.05, 0.1) is 4.90 Å². The number of piperidine rings is 1. The van der Waals surface area contributed by atoms with Gasteiger partial charge in [0, 0.05) is 25.0 Å². The Kier molecular flexibility index (Phi) is 5.36. The van der Waals surface area contributed by atoms with Gasteiger partial charge in [0.1, 0.15) is 11.6 Å². The van der Waals surface area contributed by atoms with Crippen molar-refractivity contribution in [2.75, 3.05) is 18.4 Å². The van der Waals surface area contributed by atoms with Crippen molar-refractivity contribution >= 4 is 21.6 Å². The van der Waals surface area contributed by atoms with Gasteiger partial charge in [-0.25, -0.2) is 13.6 Å². The molecule has 1 amide bonds. The fourth-order valence-corrected chi connectivity index (χ4v) is 2.81. The average Bonchev–Trinajstić information content (AvgIpc) is 2.53. The van der Waals surface area contributed by atoms with E-state index in [4.69, 9.17) is 10.4 Å². The van der Waals surface area contributed by atoms with Crippen LogP contribution in [0.5, 0.6) is 0 Å². The number of nitriles is 1. The van der Waals surface area contributed by atoms with Crippen molar-refractivity contribution in [3.05, 3.63) is 36.0 Å². The molecular formula is C15H18N4O3S. The highest BCUT2D eigenvalue weighted by Crippen LogP contribution is 2.15. The number of nitrogens with one attached hydrogen (secondary N) is 1. The van der Waals surface area contributed by atoms with Crippen molar-refractivity contribution in [3.63, 3.8) is 0 Å². The first-order valence-electron chi connectivity index (χ1n) is 7.20. The molecule has 1 heterocycles. The highest BCUT2D eigenvalue weighted by Gasteiger charge is 2.14. The first-order chi connectivity index (χ1) is 10.9. The van der Waals surface area contributed by atoms with Gasteiger partial charge in [-0.3, -0.25) is 4.79 Å². The molecule has 1 aromatic rings. The van der Waals surface area contributed by atoms with Gasteiger partial charge in [0.15, 0.2) is 0 Å². The lowest BCUT2D eigenvalue weighted by molar-refractivity contribution is -0.112. The molecule has 0 atom stereocenters. The first kappa shape index (κ1) is 17.0. The van der Waals surface area contributed by atoms with Crippen LogP contribution >= 0.6 is 0 Å². The maximum absolute atomic E-state index is 12.1. The quantitative estimate of drug-likeness (QED) is 0.633. The van der Waals surface area contributed by atoms with Crippen LogP contribution < -0.4 is 10.5 Å². The van der Waals surface area contributed by atoms with E-state index in [1.807, 2.05) is 11.0 Å². The third-order valence-corrected chi connectivity index (χ3v) is 4.44. The van der Waals surface area contributed by atoms with Gasteiger partial charge in [-0.15, -0.1) is 0 Å². The van der Waals surface area contributed by atoms with Crippen molar-refractivity contribution in [2.45, 2.75) is 24.2 Å². The highest BCUT2D eigenvalue weighted by atomic mass is 32.2. The first-order valence-corrected chi connectivity index (χ1v) is 8.75. The number of likely N-dealkylation sites (tertiary alicyclic amines) is 1. The Balaban J connectivity index is 2.07. The van der Waals surface area contributed by atoms with Crippen LogP contribution in [0.25, 0.3) is 0 Å².